The quantitative estimate of drug-likeness (QED) is 0.100. The fourth-order valence-electron chi connectivity index (χ4n) is 4.02. The Morgan fingerprint density at radius 3 is 1.05 bits per heavy atom. The highest BCUT2D eigenvalue weighted by atomic mass is 28.4. The van der Waals surface area contributed by atoms with Crippen LogP contribution in [0, 0.1) is 5.41 Å². The van der Waals surface area contributed by atoms with Gasteiger partial charge in [0.25, 0.3) is 0 Å². The van der Waals surface area contributed by atoms with Crippen LogP contribution in [0.25, 0.3) is 0 Å². The maximum atomic E-state index is 6.12. The molecule has 0 aliphatic rings. The normalized spacial score (nSPS) is 13.0. The van der Waals surface area contributed by atoms with Gasteiger partial charge in [0.15, 0.2) is 0 Å². The first-order chi connectivity index (χ1) is 17.9. The molecule has 0 spiro atoms. The van der Waals surface area contributed by atoms with Crippen molar-refractivity contribution < 1.29 is 45.5 Å². The topological polar surface area (TPSA) is 92.3 Å². The number of hydrogen-bond donors (Lipinski definition) is 0. The summed E-state index contributed by atoms with van der Waals surface area (Å²) in [6.07, 6.45) is 5.89. The fourth-order valence-corrected chi connectivity index (χ4v) is 7.61. The average molecular weight is 573 g/mol. The molecule has 0 N–H and O–H groups in total. The Bertz CT molecular complexity index is 447. The van der Waals surface area contributed by atoms with Crippen LogP contribution in [0.2, 0.25) is 12.1 Å². The van der Waals surface area contributed by atoms with E-state index in [9.17, 15) is 0 Å². The molecule has 0 aromatic heterocycles. The third-order valence-corrected chi connectivity index (χ3v) is 12.1. The van der Waals surface area contributed by atoms with Crippen molar-refractivity contribution in [2.75, 3.05) is 95.5 Å². The van der Waals surface area contributed by atoms with E-state index < -0.39 is 17.6 Å². The summed E-state index contributed by atoms with van der Waals surface area (Å²) in [6, 6.07) is 1.60. The first-order valence-electron chi connectivity index (χ1n) is 13.5. The van der Waals surface area contributed by atoms with Gasteiger partial charge in [0.1, 0.15) is 0 Å². The lowest BCUT2D eigenvalue weighted by Crippen LogP contribution is -2.42. The van der Waals surface area contributed by atoms with Crippen molar-refractivity contribution in [1.29, 1.82) is 0 Å². The van der Waals surface area contributed by atoms with Gasteiger partial charge in [0, 0.05) is 81.2 Å². The van der Waals surface area contributed by atoms with Crippen LogP contribution < -0.4 is 0 Å². The molecule has 12 heteroatoms. The lowest BCUT2D eigenvalue weighted by atomic mass is 9.92. The van der Waals surface area contributed by atoms with Gasteiger partial charge in [0.05, 0.1) is 31.8 Å². The molecular formula is C25H56O10Si2. The predicted octanol–water partition coefficient (Wildman–Crippen LogP) is 4.18. The third-order valence-electron chi connectivity index (χ3n) is 6.45. The zero-order chi connectivity index (χ0) is 27.9. The molecule has 0 aliphatic carbocycles. The summed E-state index contributed by atoms with van der Waals surface area (Å²) >= 11 is 0. The van der Waals surface area contributed by atoms with Crippen LogP contribution in [0.5, 0.6) is 0 Å². The van der Waals surface area contributed by atoms with Gasteiger partial charge >= 0.3 is 17.6 Å². The molecule has 0 saturated heterocycles. The molecule has 0 atom stereocenters. The van der Waals surface area contributed by atoms with E-state index >= 15 is 0 Å². The Labute approximate surface area is 228 Å². The van der Waals surface area contributed by atoms with E-state index in [1.165, 1.54) is 0 Å². The monoisotopic (exact) mass is 572 g/mol. The van der Waals surface area contributed by atoms with E-state index in [4.69, 9.17) is 45.5 Å². The first-order valence-corrected chi connectivity index (χ1v) is 17.4. The van der Waals surface area contributed by atoms with E-state index in [0.29, 0.717) is 52.9 Å². The van der Waals surface area contributed by atoms with E-state index in [-0.39, 0.29) is 5.41 Å². The molecule has 0 saturated carbocycles. The Morgan fingerprint density at radius 1 is 0.432 bits per heavy atom. The van der Waals surface area contributed by atoms with Gasteiger partial charge in [-0.05, 0) is 39.5 Å². The highest BCUT2D eigenvalue weighted by Crippen LogP contribution is 2.23. The molecule has 0 heterocycles. The van der Waals surface area contributed by atoms with E-state index in [0.717, 1.165) is 50.6 Å². The highest BCUT2D eigenvalue weighted by molar-refractivity contribution is 6.60. The van der Waals surface area contributed by atoms with Crippen LogP contribution in [0.15, 0.2) is 0 Å². The summed E-state index contributed by atoms with van der Waals surface area (Å²) in [6.45, 7) is 8.77. The van der Waals surface area contributed by atoms with E-state index in [1.807, 2.05) is 13.8 Å². The largest absolute Gasteiger partial charge is 0.500 e. The average Bonchev–Trinajstić information content (AvgIpc) is 2.94. The van der Waals surface area contributed by atoms with Gasteiger partial charge in [0.2, 0.25) is 0 Å². The molecule has 0 radical (unpaired) electrons. The Morgan fingerprint density at radius 2 is 0.757 bits per heavy atom. The van der Waals surface area contributed by atoms with Crippen molar-refractivity contribution in [3.8, 4) is 0 Å². The van der Waals surface area contributed by atoms with Gasteiger partial charge in [-0.15, -0.1) is 0 Å². The van der Waals surface area contributed by atoms with E-state index in [2.05, 4.69) is 0 Å². The third kappa shape index (κ3) is 15.4. The molecule has 37 heavy (non-hydrogen) atoms. The molecule has 0 amide bonds. The Balaban J connectivity index is 4.54. The van der Waals surface area contributed by atoms with Crippen LogP contribution in [-0.4, -0.2) is 113 Å². The van der Waals surface area contributed by atoms with Crippen molar-refractivity contribution in [2.24, 2.45) is 5.41 Å². The molecule has 0 aromatic rings. The van der Waals surface area contributed by atoms with Crippen molar-refractivity contribution >= 4 is 17.6 Å². The molecular weight excluding hydrogens is 516 g/mol. The summed E-state index contributed by atoms with van der Waals surface area (Å²) in [4.78, 5) is 0. The summed E-state index contributed by atoms with van der Waals surface area (Å²) in [7, 11) is 4.91. The fraction of sp³-hybridized carbons (Fsp3) is 1.00. The zero-order valence-corrected chi connectivity index (χ0v) is 26.9. The Hall–Kier alpha value is 0.0338. The predicted molar refractivity (Wildman–Crippen MR) is 148 cm³/mol. The lowest BCUT2D eigenvalue weighted by Gasteiger charge is -2.33. The lowest BCUT2D eigenvalue weighted by molar-refractivity contribution is -0.104. The number of rotatable bonds is 28. The van der Waals surface area contributed by atoms with Crippen LogP contribution in [0.1, 0.15) is 52.4 Å². The standard InChI is InChI=1S/C25H56O10Si2/c1-9-32-21-25(22-33-10-2,23-34-17-13-11-15-19-36(26-3,27-4)28-5)24-35-18-14-12-16-20-37(29-6,30-7)31-8/h9-24H2,1-8H3. The van der Waals surface area contributed by atoms with Crippen LogP contribution in [0.4, 0.5) is 0 Å². The van der Waals surface area contributed by atoms with Crippen molar-refractivity contribution in [3.05, 3.63) is 0 Å². The second-order valence-corrected chi connectivity index (χ2v) is 15.3. The van der Waals surface area contributed by atoms with Crippen LogP contribution >= 0.6 is 0 Å². The van der Waals surface area contributed by atoms with Crippen LogP contribution in [-0.2, 0) is 45.5 Å². The molecule has 0 rings (SSSR count). The minimum absolute atomic E-state index is 0.333. The minimum atomic E-state index is -2.50. The number of hydrogen-bond acceptors (Lipinski definition) is 10. The van der Waals surface area contributed by atoms with Gasteiger partial charge in [-0.1, -0.05) is 12.8 Å². The molecule has 0 bridgehead atoms. The van der Waals surface area contributed by atoms with Gasteiger partial charge in [-0.3, -0.25) is 0 Å². The molecule has 224 valence electrons. The second kappa shape index (κ2) is 22.8. The van der Waals surface area contributed by atoms with E-state index in [1.54, 1.807) is 42.7 Å². The van der Waals surface area contributed by atoms with Crippen molar-refractivity contribution in [1.82, 2.24) is 0 Å². The molecule has 0 unspecified atom stereocenters. The van der Waals surface area contributed by atoms with Gasteiger partial charge in [-0.25, -0.2) is 0 Å². The molecule has 0 aliphatic heterocycles. The van der Waals surface area contributed by atoms with Crippen LogP contribution in [0.3, 0.4) is 0 Å². The maximum Gasteiger partial charge on any atom is 0.500 e. The molecule has 0 fully saturated rings. The number of unbranched alkanes of at least 4 members (excludes halogenated alkanes) is 4. The minimum Gasteiger partial charge on any atom is -0.381 e. The number of ether oxygens (including phenoxy) is 4. The summed E-state index contributed by atoms with van der Waals surface area (Å²) < 4.78 is 56.8. The summed E-state index contributed by atoms with van der Waals surface area (Å²) in [5, 5.41) is 0. The second-order valence-electron chi connectivity index (χ2n) is 9.09. The first kappa shape index (κ1) is 37.0. The molecule has 10 nitrogen and oxygen atoms in total. The van der Waals surface area contributed by atoms with Crippen molar-refractivity contribution in [3.63, 3.8) is 0 Å². The highest BCUT2D eigenvalue weighted by Gasteiger charge is 2.37. The van der Waals surface area contributed by atoms with Crippen molar-refractivity contribution in [2.45, 2.75) is 64.5 Å². The smallest absolute Gasteiger partial charge is 0.381 e. The van der Waals surface area contributed by atoms with Gasteiger partial charge in [-0.2, -0.15) is 0 Å². The zero-order valence-electron chi connectivity index (χ0n) is 24.9. The maximum absolute atomic E-state index is 6.12. The molecule has 0 aromatic carbocycles. The summed E-state index contributed by atoms with van der Waals surface area (Å²) in [5.41, 5.74) is -0.333. The van der Waals surface area contributed by atoms with Gasteiger partial charge < -0.3 is 45.5 Å². The summed E-state index contributed by atoms with van der Waals surface area (Å²) in [5.74, 6) is 0. The Kier molecular flexibility index (Phi) is 22.8. The SMILES string of the molecule is CCOCC(COCC)(COCCCCC[Si](OC)(OC)OC)COCCCCC[Si](OC)(OC)OC.